The number of hydrogen-bond donors (Lipinski definition) is 1. The second-order valence-corrected chi connectivity index (χ2v) is 11.6. The Morgan fingerprint density at radius 3 is 2.65 bits per heavy atom. The maximum atomic E-state index is 13.7. The lowest BCUT2D eigenvalue weighted by Gasteiger charge is -2.31. The molecule has 3 fully saturated rings. The molecular formula is C28H34ClF5N6O3. The van der Waals surface area contributed by atoms with Crippen molar-refractivity contribution in [1.29, 1.82) is 0 Å². The second-order valence-electron chi connectivity index (χ2n) is 11.2. The number of pyridine rings is 1. The number of methoxy groups -OCH3 is 1. The van der Waals surface area contributed by atoms with Crippen LogP contribution in [0.5, 0.6) is 6.01 Å². The highest BCUT2D eigenvalue weighted by atomic mass is 35.5. The van der Waals surface area contributed by atoms with Crippen molar-refractivity contribution in [2.75, 3.05) is 57.1 Å². The molecule has 15 heteroatoms. The highest BCUT2D eigenvalue weighted by molar-refractivity contribution is 6.31. The van der Waals surface area contributed by atoms with Gasteiger partial charge in [-0.3, -0.25) is 4.90 Å². The summed E-state index contributed by atoms with van der Waals surface area (Å²) in [5.41, 5.74) is 5.89. The van der Waals surface area contributed by atoms with Crippen molar-refractivity contribution in [3.05, 3.63) is 45.3 Å². The zero-order valence-corrected chi connectivity index (χ0v) is 24.6. The Balaban J connectivity index is 0.000000279. The van der Waals surface area contributed by atoms with E-state index in [0.717, 1.165) is 19.0 Å². The summed E-state index contributed by atoms with van der Waals surface area (Å²) in [4.78, 5) is 17.1. The largest absolute Gasteiger partial charge is 0.467 e. The first-order valence-electron chi connectivity index (χ1n) is 14.1. The van der Waals surface area contributed by atoms with Crippen molar-refractivity contribution in [3.8, 4) is 6.01 Å². The Labute approximate surface area is 251 Å². The summed E-state index contributed by atoms with van der Waals surface area (Å²) in [7, 11) is 1.44. The summed E-state index contributed by atoms with van der Waals surface area (Å²) in [5.74, 6) is 0.795. The Bertz CT molecular complexity index is 1350. The SMILES string of the molecule is COc1nc2c(c(N3CCOCC(C)C3)n1)COC(c1nc(N)cc(Cl)c1C(F)(F)F)C2.FC(F)=C1CC2CCCN2C1. The highest BCUT2D eigenvalue weighted by Crippen LogP contribution is 2.43. The lowest BCUT2D eigenvalue weighted by molar-refractivity contribution is -0.140. The number of anilines is 2. The highest BCUT2D eigenvalue weighted by Gasteiger charge is 2.41. The van der Waals surface area contributed by atoms with Crippen molar-refractivity contribution in [2.45, 2.75) is 57.5 Å². The van der Waals surface area contributed by atoms with Crippen molar-refractivity contribution in [1.82, 2.24) is 19.9 Å². The van der Waals surface area contributed by atoms with E-state index in [2.05, 4.69) is 31.7 Å². The van der Waals surface area contributed by atoms with Crippen molar-refractivity contribution in [3.63, 3.8) is 0 Å². The monoisotopic (exact) mass is 632 g/mol. The minimum atomic E-state index is -4.71. The minimum absolute atomic E-state index is 0.0104. The molecule has 9 nitrogen and oxygen atoms in total. The van der Waals surface area contributed by atoms with Crippen molar-refractivity contribution in [2.24, 2.45) is 5.92 Å². The molecule has 3 unspecified atom stereocenters. The Hall–Kier alpha value is -2.81. The van der Waals surface area contributed by atoms with Crippen LogP contribution in [0, 0.1) is 5.92 Å². The van der Waals surface area contributed by atoms with Crippen LogP contribution >= 0.6 is 11.6 Å². The molecule has 0 spiro atoms. The molecule has 0 aliphatic carbocycles. The quantitative estimate of drug-likeness (QED) is 0.445. The number of nitrogens with zero attached hydrogens (tertiary/aromatic N) is 5. The first-order valence-corrected chi connectivity index (χ1v) is 14.5. The van der Waals surface area contributed by atoms with Gasteiger partial charge in [0.25, 0.3) is 6.08 Å². The zero-order valence-electron chi connectivity index (χ0n) is 23.9. The third-order valence-corrected chi connectivity index (χ3v) is 8.33. The van der Waals surface area contributed by atoms with E-state index < -0.39 is 28.9 Å². The van der Waals surface area contributed by atoms with E-state index in [1.54, 1.807) is 0 Å². The standard InChI is InChI=1S/C20H23ClF3N5O3.C8H11F2N/c1-10-7-29(3-4-31-8-10)18-11-9-32-14(6-13(11)26-19(28-18)30-2)17-16(20(22,23)24)12(21)5-15(25)27-17;9-8(10)6-4-7-2-1-3-11(7)5-6/h5,10,14H,3-4,6-9H2,1-2H3,(H2,25,27);7H,1-5H2. The lowest BCUT2D eigenvalue weighted by atomic mass is 9.99. The first-order chi connectivity index (χ1) is 20.4. The molecule has 43 heavy (non-hydrogen) atoms. The molecule has 2 aromatic rings. The average molecular weight is 633 g/mol. The number of alkyl halides is 3. The van der Waals surface area contributed by atoms with E-state index in [4.69, 9.17) is 31.5 Å². The van der Waals surface area contributed by atoms with Gasteiger partial charge in [0.05, 0.1) is 48.9 Å². The van der Waals surface area contributed by atoms with Crippen LogP contribution in [0.3, 0.4) is 0 Å². The van der Waals surface area contributed by atoms with Crippen LogP contribution in [0.25, 0.3) is 0 Å². The van der Waals surface area contributed by atoms with Gasteiger partial charge in [-0.15, -0.1) is 0 Å². The summed E-state index contributed by atoms with van der Waals surface area (Å²) in [5, 5.41) is -0.520. The van der Waals surface area contributed by atoms with Gasteiger partial charge in [-0.25, -0.2) is 4.98 Å². The zero-order chi connectivity index (χ0) is 30.9. The molecule has 4 aliphatic heterocycles. The number of nitrogen functional groups attached to an aromatic ring is 1. The van der Waals surface area contributed by atoms with Crippen LogP contribution in [0.15, 0.2) is 17.7 Å². The summed E-state index contributed by atoms with van der Waals surface area (Å²) < 4.78 is 82.1. The van der Waals surface area contributed by atoms with Crippen LogP contribution in [-0.2, 0) is 28.7 Å². The topological polar surface area (TPSA) is 98.9 Å². The van der Waals surface area contributed by atoms with Crippen molar-refractivity contribution < 1.29 is 36.2 Å². The molecule has 6 rings (SSSR count). The Morgan fingerprint density at radius 1 is 1.16 bits per heavy atom. The lowest BCUT2D eigenvalue weighted by Crippen LogP contribution is -2.33. The predicted molar refractivity (Wildman–Crippen MR) is 149 cm³/mol. The van der Waals surface area contributed by atoms with E-state index in [-0.39, 0.29) is 36.5 Å². The molecule has 2 aromatic heterocycles. The molecule has 0 aromatic carbocycles. The predicted octanol–water partition coefficient (Wildman–Crippen LogP) is 5.43. The summed E-state index contributed by atoms with van der Waals surface area (Å²) >= 11 is 5.88. The van der Waals surface area contributed by atoms with Gasteiger partial charge in [0.1, 0.15) is 17.7 Å². The molecule has 0 amide bonds. The van der Waals surface area contributed by atoms with Crippen LogP contribution in [0.1, 0.15) is 54.8 Å². The molecule has 236 valence electrons. The van der Waals surface area contributed by atoms with Gasteiger partial charge in [-0.2, -0.15) is 31.9 Å². The average Bonchev–Trinajstić information content (AvgIpc) is 3.49. The normalized spacial score (nSPS) is 24.1. The summed E-state index contributed by atoms with van der Waals surface area (Å²) in [6.45, 7) is 6.12. The molecule has 3 saturated heterocycles. The molecule has 0 bridgehead atoms. The van der Waals surface area contributed by atoms with E-state index in [0.29, 0.717) is 68.0 Å². The van der Waals surface area contributed by atoms with Crippen molar-refractivity contribution >= 4 is 23.2 Å². The number of ether oxygens (including phenoxy) is 3. The number of aromatic nitrogens is 3. The molecule has 0 radical (unpaired) electrons. The van der Waals surface area contributed by atoms with Gasteiger partial charge < -0.3 is 24.8 Å². The maximum absolute atomic E-state index is 13.7. The Kier molecular flexibility index (Phi) is 9.59. The van der Waals surface area contributed by atoms with Crippen LogP contribution in [-0.4, -0.2) is 72.4 Å². The smallest absolute Gasteiger partial charge is 0.419 e. The van der Waals surface area contributed by atoms with Gasteiger partial charge in [0.2, 0.25) is 0 Å². The fourth-order valence-electron chi connectivity index (χ4n) is 6.06. The molecule has 6 heterocycles. The van der Waals surface area contributed by atoms with Crippen LogP contribution < -0.4 is 15.4 Å². The summed E-state index contributed by atoms with van der Waals surface area (Å²) in [6.07, 6.45) is -4.24. The second kappa shape index (κ2) is 13.0. The fourth-order valence-corrected chi connectivity index (χ4v) is 6.38. The summed E-state index contributed by atoms with van der Waals surface area (Å²) in [6, 6.07) is 1.55. The van der Waals surface area contributed by atoms with E-state index in [1.165, 1.54) is 13.5 Å². The van der Waals surface area contributed by atoms with Crippen LogP contribution in [0.2, 0.25) is 5.02 Å². The van der Waals surface area contributed by atoms with E-state index in [1.807, 2.05) is 0 Å². The number of fused-ring (bicyclic) bond motifs is 2. The number of rotatable bonds is 3. The number of nitrogens with two attached hydrogens (primary N) is 1. The van der Waals surface area contributed by atoms with Gasteiger partial charge in [0.15, 0.2) is 0 Å². The third-order valence-electron chi connectivity index (χ3n) is 8.03. The van der Waals surface area contributed by atoms with Gasteiger partial charge in [-0.05, 0) is 37.8 Å². The van der Waals surface area contributed by atoms with Crippen LogP contribution in [0.4, 0.5) is 33.6 Å². The fraction of sp³-hybridized carbons (Fsp3) is 0.607. The number of halogens is 6. The molecule has 2 N–H and O–H groups in total. The molecular weight excluding hydrogens is 599 g/mol. The van der Waals surface area contributed by atoms with E-state index >= 15 is 0 Å². The third kappa shape index (κ3) is 7.13. The Morgan fingerprint density at radius 2 is 1.95 bits per heavy atom. The minimum Gasteiger partial charge on any atom is -0.467 e. The maximum Gasteiger partial charge on any atom is 0.419 e. The van der Waals surface area contributed by atoms with E-state index in [9.17, 15) is 22.0 Å². The van der Waals surface area contributed by atoms with Gasteiger partial charge >= 0.3 is 12.2 Å². The van der Waals surface area contributed by atoms with Gasteiger partial charge in [0, 0.05) is 43.2 Å². The first kappa shape index (κ1) is 31.6. The van der Waals surface area contributed by atoms with Gasteiger partial charge in [-0.1, -0.05) is 18.5 Å². The molecule has 4 aliphatic rings. The molecule has 3 atom stereocenters. The molecule has 0 saturated carbocycles. The number of hydrogen-bond acceptors (Lipinski definition) is 9.